The highest BCUT2D eigenvalue weighted by molar-refractivity contribution is 5.40. The summed E-state index contributed by atoms with van der Waals surface area (Å²) in [5, 5.41) is 3.37. The first-order valence-electron chi connectivity index (χ1n) is 7.26. The fourth-order valence-electron chi connectivity index (χ4n) is 2.39. The van der Waals surface area contributed by atoms with Crippen molar-refractivity contribution < 1.29 is 0 Å². The standard InChI is InChI=1S/C14H21N7/c1-19-6-8-20(9-7-19)4-3-16-13-10-14(18-11-17-13)21-5-2-15-12-21/h2,5,10-12H,3-4,6-9H2,1H3,(H,16,17,18). The van der Waals surface area contributed by atoms with E-state index < -0.39 is 0 Å². The van der Waals surface area contributed by atoms with Crippen molar-refractivity contribution in [2.45, 2.75) is 0 Å². The van der Waals surface area contributed by atoms with Crippen molar-refractivity contribution in [1.29, 1.82) is 0 Å². The molecule has 3 rings (SSSR count). The second-order valence-electron chi connectivity index (χ2n) is 5.30. The Morgan fingerprint density at radius 2 is 2.05 bits per heavy atom. The van der Waals surface area contributed by atoms with Crippen molar-refractivity contribution >= 4 is 5.82 Å². The topological polar surface area (TPSA) is 62.1 Å². The summed E-state index contributed by atoms with van der Waals surface area (Å²) in [7, 11) is 2.17. The Kier molecular flexibility index (Phi) is 4.42. The maximum atomic E-state index is 4.26. The normalized spacial score (nSPS) is 17.0. The number of nitrogens with zero attached hydrogens (tertiary/aromatic N) is 6. The van der Waals surface area contributed by atoms with E-state index in [9.17, 15) is 0 Å². The molecule has 0 radical (unpaired) electrons. The summed E-state index contributed by atoms with van der Waals surface area (Å²) in [5.74, 6) is 1.67. The summed E-state index contributed by atoms with van der Waals surface area (Å²) >= 11 is 0. The molecular weight excluding hydrogens is 266 g/mol. The van der Waals surface area contributed by atoms with Crippen molar-refractivity contribution in [3.05, 3.63) is 31.1 Å². The van der Waals surface area contributed by atoms with Gasteiger partial charge in [0.15, 0.2) is 0 Å². The van der Waals surface area contributed by atoms with Gasteiger partial charge in [-0.1, -0.05) is 0 Å². The van der Waals surface area contributed by atoms with E-state index in [1.165, 1.54) is 0 Å². The molecule has 1 N–H and O–H groups in total. The number of rotatable bonds is 5. The number of nitrogens with one attached hydrogen (secondary N) is 1. The number of hydrogen-bond acceptors (Lipinski definition) is 6. The summed E-state index contributed by atoms with van der Waals surface area (Å²) in [6, 6.07) is 1.94. The average molecular weight is 287 g/mol. The number of imidazole rings is 1. The first kappa shape index (κ1) is 14.0. The van der Waals surface area contributed by atoms with Crippen molar-refractivity contribution in [3.8, 4) is 5.82 Å². The lowest BCUT2D eigenvalue weighted by Crippen LogP contribution is -2.45. The predicted octanol–water partition coefficient (Wildman–Crippen LogP) is 0.322. The van der Waals surface area contributed by atoms with Gasteiger partial charge < -0.3 is 10.2 Å². The lowest BCUT2D eigenvalue weighted by molar-refractivity contribution is 0.158. The molecule has 0 amide bonds. The monoisotopic (exact) mass is 287 g/mol. The Labute approximate surface area is 124 Å². The van der Waals surface area contributed by atoms with Crippen LogP contribution in [0.3, 0.4) is 0 Å². The smallest absolute Gasteiger partial charge is 0.143 e. The van der Waals surface area contributed by atoms with E-state index in [1.807, 2.05) is 16.8 Å². The Balaban J connectivity index is 1.50. The van der Waals surface area contributed by atoms with E-state index in [2.05, 4.69) is 37.1 Å². The highest BCUT2D eigenvalue weighted by Crippen LogP contribution is 2.08. The van der Waals surface area contributed by atoms with E-state index in [0.717, 1.165) is 50.9 Å². The van der Waals surface area contributed by atoms with Crippen LogP contribution in [-0.2, 0) is 0 Å². The Hall–Kier alpha value is -1.99. The molecule has 21 heavy (non-hydrogen) atoms. The fourth-order valence-corrected chi connectivity index (χ4v) is 2.39. The number of likely N-dealkylation sites (N-methyl/N-ethyl adjacent to an activating group) is 1. The molecule has 7 nitrogen and oxygen atoms in total. The average Bonchev–Trinajstić information content (AvgIpc) is 3.04. The molecule has 3 heterocycles. The van der Waals surface area contributed by atoms with Crippen LogP contribution in [0.5, 0.6) is 0 Å². The van der Waals surface area contributed by atoms with Gasteiger partial charge in [0, 0.05) is 57.7 Å². The molecule has 0 aliphatic carbocycles. The molecule has 112 valence electrons. The van der Waals surface area contributed by atoms with Crippen LogP contribution in [0, 0.1) is 0 Å². The maximum absolute atomic E-state index is 4.26. The van der Waals surface area contributed by atoms with E-state index in [4.69, 9.17) is 0 Å². The summed E-state index contributed by atoms with van der Waals surface area (Å²) in [4.78, 5) is 17.4. The van der Waals surface area contributed by atoms with E-state index >= 15 is 0 Å². The minimum Gasteiger partial charge on any atom is -0.369 e. The van der Waals surface area contributed by atoms with Gasteiger partial charge in [-0.05, 0) is 7.05 Å². The van der Waals surface area contributed by atoms with Crippen LogP contribution < -0.4 is 5.32 Å². The molecule has 0 spiro atoms. The zero-order chi connectivity index (χ0) is 14.5. The van der Waals surface area contributed by atoms with Crippen molar-refractivity contribution in [1.82, 2.24) is 29.3 Å². The molecule has 7 heteroatoms. The number of anilines is 1. The molecule has 1 aliphatic rings. The zero-order valence-electron chi connectivity index (χ0n) is 12.3. The molecule has 0 unspecified atom stereocenters. The number of aromatic nitrogens is 4. The van der Waals surface area contributed by atoms with Crippen LogP contribution >= 0.6 is 0 Å². The second kappa shape index (κ2) is 6.64. The van der Waals surface area contributed by atoms with Gasteiger partial charge in [0.2, 0.25) is 0 Å². The molecular formula is C14H21N7. The minimum absolute atomic E-state index is 0.824. The quantitative estimate of drug-likeness (QED) is 0.854. The van der Waals surface area contributed by atoms with Gasteiger partial charge in [-0.2, -0.15) is 0 Å². The van der Waals surface area contributed by atoms with Crippen LogP contribution in [0.25, 0.3) is 5.82 Å². The van der Waals surface area contributed by atoms with Gasteiger partial charge in [-0.3, -0.25) is 9.47 Å². The van der Waals surface area contributed by atoms with Gasteiger partial charge in [0.25, 0.3) is 0 Å². The second-order valence-corrected chi connectivity index (χ2v) is 5.30. The van der Waals surface area contributed by atoms with Crippen LogP contribution in [0.2, 0.25) is 0 Å². The summed E-state index contributed by atoms with van der Waals surface area (Å²) in [5.41, 5.74) is 0. The molecule has 0 aromatic carbocycles. The van der Waals surface area contributed by atoms with Crippen molar-refractivity contribution in [2.75, 3.05) is 51.6 Å². The van der Waals surface area contributed by atoms with Gasteiger partial charge in [-0.25, -0.2) is 15.0 Å². The SMILES string of the molecule is CN1CCN(CCNc2cc(-n3ccnc3)ncn2)CC1. The molecule has 1 aliphatic heterocycles. The number of hydrogen-bond donors (Lipinski definition) is 1. The van der Waals surface area contributed by atoms with E-state index in [0.29, 0.717) is 0 Å². The number of piperazine rings is 1. The third kappa shape index (κ3) is 3.77. The fraction of sp³-hybridized carbons (Fsp3) is 0.500. The van der Waals surface area contributed by atoms with E-state index in [1.54, 1.807) is 18.9 Å². The van der Waals surface area contributed by atoms with Crippen LogP contribution in [0.4, 0.5) is 5.82 Å². The molecule has 0 bridgehead atoms. The Morgan fingerprint density at radius 3 is 2.81 bits per heavy atom. The molecule has 2 aromatic rings. The molecule has 2 aromatic heterocycles. The van der Waals surface area contributed by atoms with Crippen molar-refractivity contribution in [2.24, 2.45) is 0 Å². The molecule has 1 saturated heterocycles. The first-order valence-corrected chi connectivity index (χ1v) is 7.26. The van der Waals surface area contributed by atoms with Gasteiger partial charge in [0.05, 0.1) is 0 Å². The third-order valence-corrected chi connectivity index (χ3v) is 3.75. The van der Waals surface area contributed by atoms with Gasteiger partial charge in [-0.15, -0.1) is 0 Å². The van der Waals surface area contributed by atoms with E-state index in [-0.39, 0.29) is 0 Å². The Bertz CT molecular complexity index is 546. The van der Waals surface area contributed by atoms with Crippen LogP contribution in [-0.4, -0.2) is 75.6 Å². The highest BCUT2D eigenvalue weighted by atomic mass is 15.3. The first-order chi connectivity index (χ1) is 10.3. The van der Waals surface area contributed by atoms with Crippen LogP contribution in [0.1, 0.15) is 0 Å². The summed E-state index contributed by atoms with van der Waals surface area (Å²) < 4.78 is 1.87. The molecule has 0 saturated carbocycles. The third-order valence-electron chi connectivity index (χ3n) is 3.75. The van der Waals surface area contributed by atoms with Crippen molar-refractivity contribution in [3.63, 3.8) is 0 Å². The van der Waals surface area contributed by atoms with Gasteiger partial charge >= 0.3 is 0 Å². The summed E-state index contributed by atoms with van der Waals surface area (Å²) in [6.45, 7) is 6.52. The van der Waals surface area contributed by atoms with Crippen LogP contribution in [0.15, 0.2) is 31.1 Å². The molecule has 0 atom stereocenters. The maximum Gasteiger partial charge on any atom is 0.143 e. The lowest BCUT2D eigenvalue weighted by atomic mass is 10.3. The predicted molar refractivity (Wildman–Crippen MR) is 81.6 cm³/mol. The minimum atomic E-state index is 0.824. The largest absolute Gasteiger partial charge is 0.369 e. The van der Waals surface area contributed by atoms with Gasteiger partial charge in [0.1, 0.15) is 24.3 Å². The Morgan fingerprint density at radius 1 is 1.19 bits per heavy atom. The lowest BCUT2D eigenvalue weighted by Gasteiger charge is -2.32. The highest BCUT2D eigenvalue weighted by Gasteiger charge is 2.12. The molecule has 1 fully saturated rings. The zero-order valence-corrected chi connectivity index (χ0v) is 12.3. The summed E-state index contributed by atoms with van der Waals surface area (Å²) in [6.07, 6.45) is 6.92.